The molecule has 4 unspecified atom stereocenters. The fraction of sp³-hybridized carbons (Fsp3) is 0.923. The van der Waals surface area contributed by atoms with Crippen LogP contribution in [0.3, 0.4) is 0 Å². The summed E-state index contributed by atoms with van der Waals surface area (Å²) in [4.78, 5) is 0. The van der Waals surface area contributed by atoms with E-state index in [0.717, 1.165) is 5.92 Å². The average Bonchev–Trinajstić information content (AvgIpc) is 2.56. The first kappa shape index (κ1) is 25.7. The van der Waals surface area contributed by atoms with E-state index in [9.17, 15) is 0 Å². The molecule has 0 nitrogen and oxygen atoms in total. The second-order valence-corrected chi connectivity index (χ2v) is 10.7. The molecule has 156 valence electrons. The van der Waals surface area contributed by atoms with Crippen LogP contribution in [0.4, 0.5) is 0 Å². The molecule has 0 aliphatic rings. The second kappa shape index (κ2) is 11.6. The molecule has 0 N–H and O–H groups in total. The molecular formula is C26H52. The van der Waals surface area contributed by atoms with Crippen LogP contribution in [-0.4, -0.2) is 0 Å². The Kier molecular flexibility index (Phi) is 11.4. The largest absolute Gasteiger partial charge is 0.0914 e. The molecule has 0 saturated heterocycles. The van der Waals surface area contributed by atoms with E-state index >= 15 is 0 Å². The van der Waals surface area contributed by atoms with Crippen molar-refractivity contribution >= 4 is 0 Å². The van der Waals surface area contributed by atoms with Crippen LogP contribution in [0.5, 0.6) is 0 Å². The Labute approximate surface area is 167 Å². The first-order chi connectivity index (χ1) is 12.0. The minimum Gasteiger partial charge on any atom is -0.0914 e. The summed E-state index contributed by atoms with van der Waals surface area (Å²) in [5.74, 6) is 1.51. The Morgan fingerprint density at radius 1 is 0.846 bits per heavy atom. The minimum atomic E-state index is 0.435. The van der Waals surface area contributed by atoms with Gasteiger partial charge in [0.15, 0.2) is 0 Å². The van der Waals surface area contributed by atoms with Gasteiger partial charge >= 0.3 is 0 Å². The van der Waals surface area contributed by atoms with Crippen molar-refractivity contribution in [1.29, 1.82) is 0 Å². The van der Waals surface area contributed by atoms with Crippen LogP contribution in [0.1, 0.15) is 127 Å². The van der Waals surface area contributed by atoms with E-state index in [1.807, 2.05) is 0 Å². The maximum absolute atomic E-state index is 2.64. The fourth-order valence-electron chi connectivity index (χ4n) is 5.21. The zero-order chi connectivity index (χ0) is 20.4. The first-order valence-electron chi connectivity index (χ1n) is 11.6. The molecule has 0 radical (unpaired) electrons. The normalized spacial score (nSPS) is 19.9. The average molecular weight is 365 g/mol. The van der Waals surface area contributed by atoms with Gasteiger partial charge in [-0.25, -0.2) is 0 Å². The lowest BCUT2D eigenvalue weighted by Gasteiger charge is -2.52. The highest BCUT2D eigenvalue weighted by Gasteiger charge is 2.46. The maximum Gasteiger partial charge on any atom is -0.0246 e. The Bertz CT molecular complexity index is 385. The SMILES string of the molecule is CC=CC(C)CC(CC)C(C)(CC)C(C)(CCCC)CCCC(C)(C)C. The third-order valence-electron chi connectivity index (χ3n) is 7.42. The molecule has 0 aromatic carbocycles. The zero-order valence-corrected chi connectivity index (χ0v) is 20.2. The highest BCUT2D eigenvalue weighted by molar-refractivity contribution is 4.98. The standard InChI is InChI=1S/C26H52/c1-11-15-19-25(9,20-16-18-24(6,7)8)26(10,14-4)23(13-3)21-22(5)17-12-2/h12,17,22-23H,11,13-16,18-21H2,1-10H3. The summed E-state index contributed by atoms with van der Waals surface area (Å²) in [5, 5.41) is 0. The molecular weight excluding hydrogens is 312 g/mol. The van der Waals surface area contributed by atoms with Gasteiger partial charge in [0.05, 0.1) is 0 Å². The highest BCUT2D eigenvalue weighted by atomic mass is 14.5. The van der Waals surface area contributed by atoms with Gasteiger partial charge in [-0.2, -0.15) is 0 Å². The third kappa shape index (κ3) is 7.77. The van der Waals surface area contributed by atoms with Crippen LogP contribution in [0.15, 0.2) is 12.2 Å². The van der Waals surface area contributed by atoms with Crippen molar-refractivity contribution in [2.45, 2.75) is 127 Å². The zero-order valence-electron chi connectivity index (χ0n) is 20.2. The van der Waals surface area contributed by atoms with Crippen LogP contribution in [-0.2, 0) is 0 Å². The van der Waals surface area contributed by atoms with Crippen LogP contribution in [0.25, 0.3) is 0 Å². The molecule has 0 bridgehead atoms. The van der Waals surface area contributed by atoms with E-state index in [0.29, 0.717) is 22.2 Å². The summed E-state index contributed by atoms with van der Waals surface area (Å²) >= 11 is 0. The summed E-state index contributed by atoms with van der Waals surface area (Å²) in [6, 6.07) is 0. The molecule has 0 saturated carbocycles. The van der Waals surface area contributed by atoms with Gasteiger partial charge in [-0.05, 0) is 67.1 Å². The Balaban J connectivity index is 5.55. The number of rotatable bonds is 13. The molecule has 0 aromatic heterocycles. The predicted molar refractivity (Wildman–Crippen MR) is 122 cm³/mol. The molecule has 0 spiro atoms. The highest BCUT2D eigenvalue weighted by Crippen LogP contribution is 2.56. The van der Waals surface area contributed by atoms with Gasteiger partial charge in [0.1, 0.15) is 0 Å². The quantitative estimate of drug-likeness (QED) is 0.285. The lowest BCUT2D eigenvalue weighted by molar-refractivity contribution is -0.0265. The van der Waals surface area contributed by atoms with Gasteiger partial charge in [-0.1, -0.05) is 100 Å². The monoisotopic (exact) mass is 364 g/mol. The van der Waals surface area contributed by atoms with Gasteiger partial charge < -0.3 is 0 Å². The maximum atomic E-state index is 2.64. The Hall–Kier alpha value is -0.260. The number of allylic oxidation sites excluding steroid dienone is 2. The summed E-state index contributed by atoms with van der Waals surface area (Å²) in [7, 11) is 0. The molecule has 0 heteroatoms. The molecule has 0 rings (SSSR count). The molecule has 26 heavy (non-hydrogen) atoms. The minimum absolute atomic E-state index is 0.435. The second-order valence-electron chi connectivity index (χ2n) is 10.7. The van der Waals surface area contributed by atoms with Crippen molar-refractivity contribution in [2.24, 2.45) is 28.1 Å². The summed E-state index contributed by atoms with van der Waals surface area (Å²) in [5.41, 5.74) is 1.35. The van der Waals surface area contributed by atoms with E-state index in [1.165, 1.54) is 57.8 Å². The summed E-state index contributed by atoms with van der Waals surface area (Å²) in [6.07, 6.45) is 16.8. The van der Waals surface area contributed by atoms with E-state index in [4.69, 9.17) is 0 Å². The topological polar surface area (TPSA) is 0 Å². The predicted octanol–water partition coefficient (Wildman–Crippen LogP) is 9.44. The first-order valence-corrected chi connectivity index (χ1v) is 11.6. The van der Waals surface area contributed by atoms with Crippen molar-refractivity contribution in [2.75, 3.05) is 0 Å². The lowest BCUT2D eigenvalue weighted by atomic mass is 9.52. The number of hydrogen-bond donors (Lipinski definition) is 0. The Morgan fingerprint density at radius 3 is 1.85 bits per heavy atom. The number of unbranched alkanes of at least 4 members (excludes halogenated alkanes) is 1. The van der Waals surface area contributed by atoms with Crippen LogP contribution >= 0.6 is 0 Å². The van der Waals surface area contributed by atoms with Crippen molar-refractivity contribution in [3.63, 3.8) is 0 Å². The van der Waals surface area contributed by atoms with Crippen molar-refractivity contribution in [3.8, 4) is 0 Å². The Morgan fingerprint density at radius 2 is 1.42 bits per heavy atom. The molecule has 0 fully saturated rings. The van der Waals surface area contributed by atoms with Crippen LogP contribution < -0.4 is 0 Å². The molecule has 0 heterocycles. The van der Waals surface area contributed by atoms with Gasteiger partial charge in [0.2, 0.25) is 0 Å². The number of hydrogen-bond acceptors (Lipinski definition) is 0. The smallest absolute Gasteiger partial charge is 0.0246 e. The van der Waals surface area contributed by atoms with Crippen molar-refractivity contribution < 1.29 is 0 Å². The van der Waals surface area contributed by atoms with Crippen LogP contribution in [0, 0.1) is 28.1 Å². The van der Waals surface area contributed by atoms with E-state index in [-0.39, 0.29) is 0 Å². The molecule has 4 atom stereocenters. The van der Waals surface area contributed by atoms with Crippen molar-refractivity contribution in [1.82, 2.24) is 0 Å². The van der Waals surface area contributed by atoms with Crippen LogP contribution in [0.2, 0.25) is 0 Å². The molecule has 0 aliphatic carbocycles. The van der Waals surface area contributed by atoms with Gasteiger partial charge in [0, 0.05) is 0 Å². The molecule has 0 aliphatic heterocycles. The van der Waals surface area contributed by atoms with E-state index in [1.54, 1.807) is 0 Å². The van der Waals surface area contributed by atoms with Gasteiger partial charge in [-0.3, -0.25) is 0 Å². The molecule has 0 amide bonds. The van der Waals surface area contributed by atoms with E-state index in [2.05, 4.69) is 81.4 Å². The van der Waals surface area contributed by atoms with Crippen molar-refractivity contribution in [3.05, 3.63) is 12.2 Å². The molecule has 0 aromatic rings. The lowest BCUT2D eigenvalue weighted by Crippen LogP contribution is -2.43. The summed E-state index contributed by atoms with van der Waals surface area (Å²) < 4.78 is 0. The third-order valence-corrected chi connectivity index (χ3v) is 7.42. The van der Waals surface area contributed by atoms with Gasteiger partial charge in [0.25, 0.3) is 0 Å². The fourth-order valence-corrected chi connectivity index (χ4v) is 5.21. The summed E-state index contributed by atoms with van der Waals surface area (Å²) in [6.45, 7) is 24.2. The van der Waals surface area contributed by atoms with Gasteiger partial charge in [-0.15, -0.1) is 0 Å². The van der Waals surface area contributed by atoms with E-state index < -0.39 is 0 Å².